The molecular weight excluding hydrogens is 316 g/mol. The monoisotopic (exact) mass is 334 g/mol. The molecule has 0 saturated heterocycles. The van der Waals surface area contributed by atoms with Crippen LogP contribution in [0.1, 0.15) is 17.3 Å². The van der Waals surface area contributed by atoms with Crippen LogP contribution in [0.4, 0.5) is 5.69 Å². The van der Waals surface area contributed by atoms with Gasteiger partial charge in [-0.2, -0.15) is 0 Å². The van der Waals surface area contributed by atoms with Gasteiger partial charge in [0.15, 0.2) is 5.11 Å². The van der Waals surface area contributed by atoms with Crippen molar-refractivity contribution >= 4 is 23.0 Å². The van der Waals surface area contributed by atoms with Crippen LogP contribution in [0.3, 0.4) is 0 Å². The molecule has 0 aliphatic heterocycles. The highest BCUT2D eigenvalue weighted by atomic mass is 32.1. The van der Waals surface area contributed by atoms with Crippen molar-refractivity contribution in [1.82, 2.24) is 15.7 Å². The summed E-state index contributed by atoms with van der Waals surface area (Å²) in [5.74, 6) is 0. The first-order chi connectivity index (χ1) is 11.8. The molecule has 0 aliphatic rings. The fraction of sp³-hybridized carbons (Fsp3) is 0.0526. The predicted octanol–water partition coefficient (Wildman–Crippen LogP) is 3.66. The van der Waals surface area contributed by atoms with Crippen molar-refractivity contribution in [3.8, 4) is 0 Å². The van der Waals surface area contributed by atoms with E-state index >= 15 is 0 Å². The van der Waals surface area contributed by atoms with Crippen LogP contribution < -0.4 is 16.2 Å². The van der Waals surface area contributed by atoms with Crippen LogP contribution in [-0.4, -0.2) is 10.1 Å². The summed E-state index contributed by atoms with van der Waals surface area (Å²) in [7, 11) is 0. The van der Waals surface area contributed by atoms with Crippen molar-refractivity contribution in [3.63, 3.8) is 0 Å². The van der Waals surface area contributed by atoms with Crippen LogP contribution in [0.2, 0.25) is 0 Å². The minimum atomic E-state index is -0.120. The van der Waals surface area contributed by atoms with Crippen LogP contribution in [0.15, 0.2) is 85.1 Å². The molecule has 5 heteroatoms. The zero-order valence-corrected chi connectivity index (χ0v) is 13.8. The minimum absolute atomic E-state index is 0.120. The fourth-order valence-corrected chi connectivity index (χ4v) is 2.51. The zero-order valence-electron chi connectivity index (χ0n) is 13.0. The van der Waals surface area contributed by atoms with E-state index in [0.717, 1.165) is 16.9 Å². The number of nitrogens with zero attached hydrogens (tertiary/aromatic N) is 1. The second-order valence-electron chi connectivity index (χ2n) is 5.19. The van der Waals surface area contributed by atoms with E-state index in [1.54, 1.807) is 6.20 Å². The summed E-state index contributed by atoms with van der Waals surface area (Å²) >= 11 is 5.42. The number of anilines is 1. The molecule has 0 bridgehead atoms. The maximum Gasteiger partial charge on any atom is 0.185 e. The van der Waals surface area contributed by atoms with Gasteiger partial charge < -0.3 is 5.32 Å². The molecule has 3 rings (SSSR count). The molecule has 1 unspecified atom stereocenters. The highest BCUT2D eigenvalue weighted by molar-refractivity contribution is 7.80. The van der Waals surface area contributed by atoms with Crippen molar-refractivity contribution in [3.05, 3.63) is 96.3 Å². The summed E-state index contributed by atoms with van der Waals surface area (Å²) < 4.78 is 0. The second-order valence-corrected chi connectivity index (χ2v) is 5.60. The molecule has 0 fully saturated rings. The lowest BCUT2D eigenvalue weighted by atomic mass is 10.0. The van der Waals surface area contributed by atoms with Gasteiger partial charge >= 0.3 is 0 Å². The van der Waals surface area contributed by atoms with Crippen LogP contribution in [0.5, 0.6) is 0 Å². The Morgan fingerprint density at radius 2 is 1.50 bits per heavy atom. The van der Waals surface area contributed by atoms with Gasteiger partial charge in [0.2, 0.25) is 0 Å². The number of hydrazine groups is 1. The molecule has 120 valence electrons. The SMILES string of the molecule is S=C(NNc1ccccc1)NC(c1ccccc1)c1ccccn1. The Hall–Kier alpha value is -2.92. The largest absolute Gasteiger partial charge is 0.349 e. The molecule has 0 radical (unpaired) electrons. The molecule has 0 aliphatic carbocycles. The molecule has 0 amide bonds. The van der Waals surface area contributed by atoms with Gasteiger partial charge in [-0.05, 0) is 42.0 Å². The van der Waals surface area contributed by atoms with Crippen LogP contribution in [-0.2, 0) is 0 Å². The molecule has 1 heterocycles. The predicted molar refractivity (Wildman–Crippen MR) is 101 cm³/mol. The first kappa shape index (κ1) is 16.0. The summed E-state index contributed by atoms with van der Waals surface area (Å²) in [5.41, 5.74) is 9.04. The molecule has 2 aromatic carbocycles. The fourth-order valence-electron chi connectivity index (χ4n) is 2.34. The molecule has 3 N–H and O–H groups in total. The lowest BCUT2D eigenvalue weighted by Crippen LogP contribution is -2.41. The van der Waals surface area contributed by atoms with Crippen molar-refractivity contribution in [2.45, 2.75) is 6.04 Å². The average Bonchev–Trinajstić information content (AvgIpc) is 2.67. The van der Waals surface area contributed by atoms with Gasteiger partial charge in [-0.25, -0.2) is 0 Å². The third-order valence-electron chi connectivity index (χ3n) is 3.49. The van der Waals surface area contributed by atoms with Gasteiger partial charge in [0.05, 0.1) is 17.4 Å². The summed E-state index contributed by atoms with van der Waals surface area (Å²) in [6, 6.07) is 25.7. The molecule has 24 heavy (non-hydrogen) atoms. The van der Waals surface area contributed by atoms with E-state index in [1.165, 1.54) is 0 Å². The van der Waals surface area contributed by atoms with E-state index < -0.39 is 0 Å². The third-order valence-corrected chi connectivity index (χ3v) is 3.71. The molecule has 1 atom stereocenters. The van der Waals surface area contributed by atoms with Crippen molar-refractivity contribution in [2.75, 3.05) is 5.43 Å². The number of hydrogen-bond donors (Lipinski definition) is 3. The molecular formula is C19H18N4S. The lowest BCUT2D eigenvalue weighted by molar-refractivity contribution is 0.725. The van der Waals surface area contributed by atoms with Crippen LogP contribution in [0, 0.1) is 0 Å². The number of para-hydroxylation sites is 1. The zero-order chi connectivity index (χ0) is 16.6. The Balaban J connectivity index is 1.71. The van der Waals surface area contributed by atoms with Crippen molar-refractivity contribution < 1.29 is 0 Å². The van der Waals surface area contributed by atoms with Gasteiger partial charge in [0.25, 0.3) is 0 Å². The number of nitrogens with one attached hydrogen (secondary N) is 3. The maximum absolute atomic E-state index is 5.42. The lowest BCUT2D eigenvalue weighted by Gasteiger charge is -2.21. The first-order valence-electron chi connectivity index (χ1n) is 7.66. The van der Waals surface area contributed by atoms with Crippen LogP contribution >= 0.6 is 12.2 Å². The first-order valence-corrected chi connectivity index (χ1v) is 8.07. The number of thiocarbonyl (C=S) groups is 1. The standard InChI is InChI=1S/C19H18N4S/c24-19(23-22-16-11-5-2-6-12-16)21-18(15-9-3-1-4-10-15)17-13-7-8-14-20-17/h1-14,18,22H,(H2,21,23,24). The summed E-state index contributed by atoms with van der Waals surface area (Å²) in [6.07, 6.45) is 1.78. The van der Waals surface area contributed by atoms with Crippen molar-refractivity contribution in [2.24, 2.45) is 0 Å². The normalized spacial score (nSPS) is 11.3. The Labute approximate surface area is 146 Å². The van der Waals surface area contributed by atoms with E-state index in [4.69, 9.17) is 12.2 Å². The summed E-state index contributed by atoms with van der Waals surface area (Å²) in [5, 5.41) is 3.81. The van der Waals surface area contributed by atoms with Gasteiger partial charge in [-0.1, -0.05) is 54.6 Å². The number of hydrogen-bond acceptors (Lipinski definition) is 3. The van der Waals surface area contributed by atoms with Gasteiger partial charge in [0.1, 0.15) is 0 Å². The van der Waals surface area contributed by atoms with E-state index in [0.29, 0.717) is 5.11 Å². The topological polar surface area (TPSA) is 49.0 Å². The molecule has 4 nitrogen and oxygen atoms in total. The Morgan fingerprint density at radius 1 is 0.833 bits per heavy atom. The smallest absolute Gasteiger partial charge is 0.185 e. The van der Waals surface area contributed by atoms with Crippen molar-refractivity contribution in [1.29, 1.82) is 0 Å². The van der Waals surface area contributed by atoms with E-state index in [2.05, 4.69) is 33.3 Å². The number of rotatable bonds is 5. The highest BCUT2D eigenvalue weighted by Crippen LogP contribution is 2.19. The van der Waals surface area contributed by atoms with E-state index in [1.807, 2.05) is 66.7 Å². The second kappa shape index (κ2) is 8.08. The quantitative estimate of drug-likeness (QED) is 0.491. The maximum atomic E-state index is 5.42. The van der Waals surface area contributed by atoms with Crippen LogP contribution in [0.25, 0.3) is 0 Å². The van der Waals surface area contributed by atoms with Gasteiger partial charge in [-0.3, -0.25) is 15.8 Å². The number of aromatic nitrogens is 1. The molecule has 3 aromatic rings. The molecule has 1 aromatic heterocycles. The average molecular weight is 334 g/mol. The number of benzene rings is 2. The van der Waals surface area contributed by atoms with E-state index in [-0.39, 0.29) is 6.04 Å². The molecule has 0 saturated carbocycles. The Morgan fingerprint density at radius 3 is 2.17 bits per heavy atom. The Kier molecular flexibility index (Phi) is 5.37. The molecule has 0 spiro atoms. The Bertz CT molecular complexity index is 724. The summed E-state index contributed by atoms with van der Waals surface area (Å²) in [4.78, 5) is 4.46. The summed E-state index contributed by atoms with van der Waals surface area (Å²) in [6.45, 7) is 0. The number of pyridine rings is 1. The third kappa shape index (κ3) is 4.30. The van der Waals surface area contributed by atoms with Gasteiger partial charge in [-0.15, -0.1) is 0 Å². The minimum Gasteiger partial charge on any atom is -0.349 e. The van der Waals surface area contributed by atoms with E-state index in [9.17, 15) is 0 Å². The van der Waals surface area contributed by atoms with Gasteiger partial charge in [0, 0.05) is 6.20 Å². The highest BCUT2D eigenvalue weighted by Gasteiger charge is 2.15.